The number of carbonyl (C=O) groups is 1. The molecule has 11 heteroatoms. The summed E-state index contributed by atoms with van der Waals surface area (Å²) in [7, 11) is -4.00. The Morgan fingerprint density at radius 2 is 1.93 bits per heavy atom. The molecule has 9 nitrogen and oxygen atoms in total. The van der Waals surface area contributed by atoms with Crippen molar-refractivity contribution in [2.45, 2.75) is 69.8 Å². The number of halogens is 1. The molecule has 0 saturated heterocycles. The highest BCUT2D eigenvalue weighted by atomic mass is 35.5. The van der Waals surface area contributed by atoms with Gasteiger partial charge in [0.15, 0.2) is 0 Å². The van der Waals surface area contributed by atoms with Gasteiger partial charge in [-0.25, -0.2) is 23.1 Å². The molecular weight excluding hydrogens is 624 g/mol. The third kappa shape index (κ3) is 6.66. The van der Waals surface area contributed by atoms with Gasteiger partial charge in [-0.2, -0.15) is 0 Å². The highest BCUT2D eigenvalue weighted by molar-refractivity contribution is 7.90. The molecule has 6 rings (SSSR count). The predicted molar refractivity (Wildman–Crippen MR) is 178 cm³/mol. The Balaban J connectivity index is 1.43. The quantitative estimate of drug-likeness (QED) is 0.313. The average Bonchev–Trinajstić information content (AvgIpc) is 3.05. The Kier molecular flexibility index (Phi) is 9.41. The highest BCUT2D eigenvalue weighted by Crippen LogP contribution is 2.48. The molecule has 2 N–H and O–H groups in total. The number of benzene rings is 2. The summed E-state index contributed by atoms with van der Waals surface area (Å²) in [6.45, 7) is 5.07. The van der Waals surface area contributed by atoms with Crippen LogP contribution < -0.4 is 14.4 Å². The van der Waals surface area contributed by atoms with E-state index in [1.54, 1.807) is 43.5 Å². The zero-order chi connectivity index (χ0) is 32.5. The number of hydrogen-bond acceptors (Lipinski definition) is 8. The maximum Gasteiger partial charge on any atom is 0.264 e. The first-order valence-electron chi connectivity index (χ1n) is 16.1. The molecule has 1 aromatic heterocycles. The molecule has 0 spiro atoms. The minimum atomic E-state index is -4.00. The first kappa shape index (κ1) is 32.5. The second-order valence-electron chi connectivity index (χ2n) is 12.9. The lowest BCUT2D eigenvalue weighted by molar-refractivity contribution is -0.0529. The van der Waals surface area contributed by atoms with E-state index in [2.05, 4.69) is 19.6 Å². The van der Waals surface area contributed by atoms with E-state index >= 15 is 0 Å². The van der Waals surface area contributed by atoms with Crippen LogP contribution in [0.25, 0.3) is 0 Å². The number of aliphatic hydroxyl groups is 1. The molecule has 2 aliphatic heterocycles. The SMILES string of the molecule is C[C@@H]1[C@@H](C)C/C=C/[C@@](O)(c2ccncn2)[C@@H]2CCC2CN2CCCCc3cc(Cl)ccc3COc3ccc(cc32)C(=O)NS1(=O)=O. The molecule has 3 aliphatic rings. The van der Waals surface area contributed by atoms with Gasteiger partial charge in [0, 0.05) is 35.8 Å². The number of fused-ring (bicyclic) bond motifs is 3. The normalized spacial score (nSPS) is 29.0. The van der Waals surface area contributed by atoms with Crippen LogP contribution in [0.5, 0.6) is 5.75 Å². The lowest BCUT2D eigenvalue weighted by atomic mass is 9.63. The van der Waals surface area contributed by atoms with Gasteiger partial charge in [0.05, 0.1) is 16.6 Å². The Bertz CT molecular complexity index is 1720. The van der Waals surface area contributed by atoms with Crippen LogP contribution in [0.4, 0.5) is 5.69 Å². The second-order valence-corrected chi connectivity index (χ2v) is 15.4. The number of nitrogens with one attached hydrogen (secondary N) is 1. The summed E-state index contributed by atoms with van der Waals surface area (Å²) in [6.07, 6.45) is 11.5. The van der Waals surface area contributed by atoms with Crippen molar-refractivity contribution in [2.75, 3.05) is 18.0 Å². The van der Waals surface area contributed by atoms with Crippen LogP contribution in [0.3, 0.4) is 0 Å². The van der Waals surface area contributed by atoms with Gasteiger partial charge in [0.25, 0.3) is 5.91 Å². The number of amides is 1. The minimum Gasteiger partial charge on any atom is -0.487 e. The van der Waals surface area contributed by atoms with Crippen molar-refractivity contribution < 1.29 is 23.1 Å². The first-order chi connectivity index (χ1) is 22.0. The van der Waals surface area contributed by atoms with E-state index in [4.69, 9.17) is 16.3 Å². The number of allylic oxidation sites excluding steroid dienone is 1. The van der Waals surface area contributed by atoms with Crippen molar-refractivity contribution in [2.24, 2.45) is 17.8 Å². The largest absolute Gasteiger partial charge is 0.487 e. The Morgan fingerprint density at radius 1 is 1.09 bits per heavy atom. The van der Waals surface area contributed by atoms with Gasteiger partial charge in [0.2, 0.25) is 10.0 Å². The van der Waals surface area contributed by atoms with Crippen LogP contribution in [-0.2, 0) is 28.7 Å². The van der Waals surface area contributed by atoms with E-state index in [9.17, 15) is 18.3 Å². The van der Waals surface area contributed by atoms with E-state index in [0.29, 0.717) is 42.6 Å². The summed E-state index contributed by atoms with van der Waals surface area (Å²) < 4.78 is 35.5. The van der Waals surface area contributed by atoms with Crippen LogP contribution in [-0.4, -0.2) is 47.7 Å². The summed E-state index contributed by atoms with van der Waals surface area (Å²) in [5.41, 5.74) is 2.34. The van der Waals surface area contributed by atoms with Crippen molar-refractivity contribution in [1.29, 1.82) is 0 Å². The van der Waals surface area contributed by atoms with Crippen LogP contribution in [0.15, 0.2) is 67.1 Å². The van der Waals surface area contributed by atoms with Crippen LogP contribution in [0, 0.1) is 17.8 Å². The zero-order valence-electron chi connectivity index (χ0n) is 26.2. The standard InChI is InChI=1S/C35H41ClN4O5S/c1-23-6-5-15-35(42,33-14-16-37-22-38-33)30-12-9-27(30)20-40-17-4-3-7-25-18-29(36)11-8-28(25)21-45-32-13-10-26(19-31(32)40)34(41)39-46(43,44)24(23)2/h5,8,10-11,13-16,18-19,22-24,27,30,42H,3-4,6-7,9,12,17,20-21H2,1-2H3,(H,39,41)/b15-5+/t23-,24+,27?,30+,35-/m0/s1. The Labute approximate surface area is 276 Å². The van der Waals surface area contributed by atoms with E-state index in [1.807, 2.05) is 31.2 Å². The molecular formula is C35H41ClN4O5S. The highest BCUT2D eigenvalue weighted by Gasteiger charge is 2.47. The van der Waals surface area contributed by atoms with Gasteiger partial charge in [-0.05, 0) is 105 Å². The van der Waals surface area contributed by atoms with Crippen molar-refractivity contribution >= 4 is 33.2 Å². The summed E-state index contributed by atoms with van der Waals surface area (Å²) in [6, 6.07) is 12.7. The van der Waals surface area contributed by atoms with Gasteiger partial charge >= 0.3 is 0 Å². The smallest absolute Gasteiger partial charge is 0.264 e. The molecule has 1 aliphatic carbocycles. The molecule has 244 valence electrons. The van der Waals surface area contributed by atoms with E-state index in [0.717, 1.165) is 48.9 Å². The van der Waals surface area contributed by atoms with Crippen LogP contribution in [0.1, 0.15) is 73.1 Å². The number of aryl methyl sites for hydroxylation is 1. The topological polar surface area (TPSA) is 122 Å². The second kappa shape index (κ2) is 13.3. The van der Waals surface area contributed by atoms with Gasteiger partial charge in [-0.3, -0.25) is 4.79 Å². The van der Waals surface area contributed by atoms with Crippen LogP contribution >= 0.6 is 11.6 Å². The van der Waals surface area contributed by atoms with Crippen molar-refractivity contribution in [1.82, 2.24) is 14.7 Å². The van der Waals surface area contributed by atoms with Gasteiger partial charge < -0.3 is 14.7 Å². The maximum atomic E-state index is 13.4. The summed E-state index contributed by atoms with van der Waals surface area (Å²) in [5.74, 6) is -0.384. The molecule has 1 amide bonds. The fraction of sp³-hybridized carbons (Fsp3) is 0.457. The number of carbonyl (C=O) groups excluding carboxylic acids is 1. The number of ether oxygens (including phenoxy) is 1. The number of nitrogens with zero attached hydrogens (tertiary/aromatic N) is 3. The third-order valence-corrected chi connectivity index (χ3v) is 12.2. The number of aromatic nitrogens is 2. The Hall–Kier alpha value is -3.47. The van der Waals surface area contributed by atoms with Gasteiger partial charge in [-0.15, -0.1) is 0 Å². The van der Waals surface area contributed by atoms with Crippen molar-refractivity contribution in [3.8, 4) is 5.75 Å². The maximum absolute atomic E-state index is 13.4. The number of anilines is 1. The van der Waals surface area contributed by atoms with E-state index in [-0.39, 0.29) is 23.3 Å². The molecule has 3 aromatic rings. The fourth-order valence-electron chi connectivity index (χ4n) is 6.90. The number of rotatable bonds is 1. The lowest BCUT2D eigenvalue weighted by Crippen LogP contribution is -2.49. The van der Waals surface area contributed by atoms with E-state index in [1.165, 1.54) is 6.33 Å². The molecule has 2 aromatic carbocycles. The monoisotopic (exact) mass is 664 g/mol. The molecule has 3 heterocycles. The summed E-state index contributed by atoms with van der Waals surface area (Å²) in [4.78, 5) is 24.2. The number of sulfonamides is 1. The average molecular weight is 665 g/mol. The number of hydrogen-bond donors (Lipinski definition) is 2. The first-order valence-corrected chi connectivity index (χ1v) is 18.0. The molecule has 46 heavy (non-hydrogen) atoms. The lowest BCUT2D eigenvalue weighted by Gasteiger charge is -2.48. The van der Waals surface area contributed by atoms with E-state index < -0.39 is 26.8 Å². The minimum absolute atomic E-state index is 0.122. The summed E-state index contributed by atoms with van der Waals surface area (Å²) >= 11 is 6.34. The van der Waals surface area contributed by atoms with Crippen molar-refractivity contribution in [3.63, 3.8) is 0 Å². The molecule has 1 saturated carbocycles. The third-order valence-electron chi connectivity index (χ3n) is 10.1. The molecule has 5 atom stereocenters. The van der Waals surface area contributed by atoms with Crippen molar-refractivity contribution in [3.05, 3.63) is 94.5 Å². The molecule has 1 unspecified atom stereocenters. The molecule has 2 bridgehead atoms. The fourth-order valence-corrected chi connectivity index (χ4v) is 8.38. The van der Waals surface area contributed by atoms with Gasteiger partial charge in [-0.1, -0.05) is 36.7 Å². The molecule has 1 fully saturated rings. The van der Waals surface area contributed by atoms with Crippen LogP contribution in [0.2, 0.25) is 5.02 Å². The predicted octanol–water partition coefficient (Wildman–Crippen LogP) is 5.81. The summed E-state index contributed by atoms with van der Waals surface area (Å²) in [5, 5.41) is 12.2. The molecule has 0 radical (unpaired) electrons. The van der Waals surface area contributed by atoms with Gasteiger partial charge in [0.1, 0.15) is 24.3 Å². The zero-order valence-corrected chi connectivity index (χ0v) is 27.8. The Morgan fingerprint density at radius 3 is 2.70 bits per heavy atom.